The van der Waals surface area contributed by atoms with Crippen LogP contribution in [0.25, 0.3) is 0 Å². The summed E-state index contributed by atoms with van der Waals surface area (Å²) in [6.45, 7) is 0. The van der Waals surface area contributed by atoms with Gasteiger partial charge in [0.1, 0.15) is 11.5 Å². The molecule has 0 saturated carbocycles. The third-order valence-corrected chi connectivity index (χ3v) is 7.04. The van der Waals surface area contributed by atoms with E-state index in [1.807, 2.05) is 0 Å². The molecular weight excluding hydrogens is 482 g/mol. The molecule has 0 aliphatic rings. The predicted octanol–water partition coefficient (Wildman–Crippen LogP) is 5.89. The maximum Gasteiger partial charge on any atom is 0.283 e. The largest absolute Gasteiger partial charge is 0.508 e. The van der Waals surface area contributed by atoms with Gasteiger partial charge in [0.25, 0.3) is 10.1 Å². The minimum absolute atomic E-state index is 0.126. The maximum absolute atomic E-state index is 13.0. The number of benzene rings is 3. The lowest BCUT2D eigenvalue weighted by Crippen LogP contribution is -2.39. The number of rotatable bonds is 4. The van der Waals surface area contributed by atoms with Crippen LogP contribution < -0.4 is 0 Å². The van der Waals surface area contributed by atoms with Crippen molar-refractivity contribution in [1.29, 1.82) is 0 Å². The van der Waals surface area contributed by atoms with Crippen molar-refractivity contribution in [3.63, 3.8) is 0 Å². The standard InChI is InChI=1S/C19H12Cl4O5S/c20-12-3-1-4-13(21)17(12)19(29(26,27)28,11-8-7-10(24)9-16(11)25)18-14(22)5-2-6-15(18)23/h1-9,24-25H,(H,26,27,28). The van der Waals surface area contributed by atoms with Crippen LogP contribution in [0.5, 0.6) is 11.5 Å². The first-order chi connectivity index (χ1) is 13.5. The van der Waals surface area contributed by atoms with Gasteiger partial charge in [0.2, 0.25) is 0 Å². The number of phenols is 2. The molecule has 0 aliphatic heterocycles. The lowest BCUT2D eigenvalue weighted by molar-refractivity contribution is 0.431. The normalized spacial score (nSPS) is 12.2. The second kappa shape index (κ2) is 7.87. The van der Waals surface area contributed by atoms with E-state index < -0.39 is 20.6 Å². The van der Waals surface area contributed by atoms with Gasteiger partial charge in [-0.2, -0.15) is 8.42 Å². The lowest BCUT2D eigenvalue weighted by Gasteiger charge is -2.35. The zero-order valence-corrected chi connectivity index (χ0v) is 18.1. The summed E-state index contributed by atoms with van der Waals surface area (Å²) in [6, 6.07) is 11.6. The molecule has 0 unspecified atom stereocenters. The molecule has 5 nitrogen and oxygen atoms in total. The van der Waals surface area contributed by atoms with E-state index in [2.05, 4.69) is 0 Å². The van der Waals surface area contributed by atoms with Crippen LogP contribution >= 0.6 is 46.4 Å². The van der Waals surface area contributed by atoms with E-state index in [1.165, 1.54) is 36.4 Å². The molecule has 0 amide bonds. The van der Waals surface area contributed by atoms with E-state index in [0.717, 1.165) is 18.2 Å². The van der Waals surface area contributed by atoms with Crippen LogP contribution in [0.15, 0.2) is 54.6 Å². The van der Waals surface area contributed by atoms with Crippen LogP contribution in [0.2, 0.25) is 20.1 Å². The van der Waals surface area contributed by atoms with Crippen molar-refractivity contribution < 1.29 is 23.2 Å². The summed E-state index contributed by atoms with van der Waals surface area (Å²) < 4.78 is 34.0. The number of hydrogen-bond donors (Lipinski definition) is 3. The van der Waals surface area contributed by atoms with Gasteiger partial charge in [0.05, 0.1) is 0 Å². The highest BCUT2D eigenvalue weighted by atomic mass is 35.5. The summed E-state index contributed by atoms with van der Waals surface area (Å²) in [7, 11) is -5.19. The summed E-state index contributed by atoms with van der Waals surface area (Å²) in [6.07, 6.45) is 0. The van der Waals surface area contributed by atoms with Crippen molar-refractivity contribution in [2.24, 2.45) is 0 Å². The summed E-state index contributed by atoms with van der Waals surface area (Å²) >= 11 is 25.3. The van der Waals surface area contributed by atoms with Crippen LogP contribution in [0.4, 0.5) is 0 Å². The molecule has 10 heteroatoms. The Hall–Kier alpha value is -1.67. The van der Waals surface area contributed by atoms with Crippen molar-refractivity contribution in [1.82, 2.24) is 0 Å². The van der Waals surface area contributed by atoms with E-state index in [9.17, 15) is 23.2 Å². The minimum atomic E-state index is -5.19. The quantitative estimate of drug-likeness (QED) is 0.311. The highest BCUT2D eigenvalue weighted by molar-refractivity contribution is 7.87. The van der Waals surface area contributed by atoms with Crippen molar-refractivity contribution in [2.45, 2.75) is 4.75 Å². The van der Waals surface area contributed by atoms with E-state index in [-0.39, 0.29) is 42.5 Å². The van der Waals surface area contributed by atoms with Gasteiger partial charge >= 0.3 is 0 Å². The van der Waals surface area contributed by atoms with Gasteiger partial charge in [-0.05, 0) is 36.4 Å². The topological polar surface area (TPSA) is 94.8 Å². The summed E-state index contributed by atoms with van der Waals surface area (Å²) in [5, 5.41) is 19.8. The zero-order valence-electron chi connectivity index (χ0n) is 14.3. The fourth-order valence-corrected chi connectivity index (χ4v) is 6.27. The Morgan fingerprint density at radius 2 is 1.14 bits per heavy atom. The molecule has 3 N–H and O–H groups in total. The van der Waals surface area contributed by atoms with Crippen LogP contribution in [0.3, 0.4) is 0 Å². The minimum Gasteiger partial charge on any atom is -0.508 e. The highest BCUT2D eigenvalue weighted by Crippen LogP contribution is 2.54. The summed E-state index contributed by atoms with van der Waals surface area (Å²) in [5.41, 5.74) is -0.883. The molecule has 3 rings (SSSR count). The monoisotopic (exact) mass is 492 g/mol. The number of hydrogen-bond acceptors (Lipinski definition) is 4. The van der Waals surface area contributed by atoms with Gasteiger partial charge in [-0.3, -0.25) is 4.55 Å². The van der Waals surface area contributed by atoms with Gasteiger partial charge in [-0.15, -0.1) is 0 Å². The Morgan fingerprint density at radius 1 is 0.724 bits per heavy atom. The SMILES string of the molecule is O=S(=O)(O)C(c1ccc(O)cc1O)(c1c(Cl)cccc1Cl)c1c(Cl)cccc1Cl. The van der Waals surface area contributed by atoms with Gasteiger partial charge in [-0.1, -0.05) is 58.5 Å². The second-order valence-electron chi connectivity index (χ2n) is 6.05. The molecule has 0 fully saturated rings. The first kappa shape index (κ1) is 22.0. The fraction of sp³-hybridized carbons (Fsp3) is 0.0526. The highest BCUT2D eigenvalue weighted by Gasteiger charge is 2.54. The van der Waals surface area contributed by atoms with E-state index >= 15 is 0 Å². The first-order valence-electron chi connectivity index (χ1n) is 7.90. The molecule has 0 spiro atoms. The van der Waals surface area contributed by atoms with Crippen molar-refractivity contribution >= 4 is 56.5 Å². The molecule has 0 radical (unpaired) electrons. The molecular formula is C19H12Cl4O5S. The molecule has 3 aromatic carbocycles. The van der Waals surface area contributed by atoms with Gasteiger partial charge < -0.3 is 10.2 Å². The molecule has 0 saturated heterocycles. The second-order valence-corrected chi connectivity index (χ2v) is 9.24. The first-order valence-corrected chi connectivity index (χ1v) is 10.9. The van der Waals surface area contributed by atoms with Crippen molar-refractivity contribution in [2.75, 3.05) is 0 Å². The fourth-order valence-electron chi connectivity index (χ4n) is 3.28. The average Bonchev–Trinajstić information content (AvgIpc) is 2.59. The Bertz CT molecular complexity index is 1120. The molecule has 152 valence electrons. The Balaban J connectivity index is 2.70. The third kappa shape index (κ3) is 3.54. The van der Waals surface area contributed by atoms with Gasteiger partial charge in [0, 0.05) is 42.8 Å². The third-order valence-electron chi connectivity index (χ3n) is 4.38. The number of halogens is 4. The van der Waals surface area contributed by atoms with Crippen molar-refractivity contribution in [3.05, 3.63) is 91.4 Å². The number of phenolic OH excluding ortho intramolecular Hbond substituents is 2. The Labute approximate surface area is 186 Å². The van der Waals surface area contributed by atoms with Crippen LogP contribution in [0, 0.1) is 0 Å². The molecule has 0 bridgehead atoms. The zero-order chi connectivity index (χ0) is 21.6. The summed E-state index contributed by atoms with van der Waals surface area (Å²) in [4.78, 5) is 0. The predicted molar refractivity (Wildman–Crippen MR) is 114 cm³/mol. The lowest BCUT2D eigenvalue weighted by atomic mass is 9.83. The van der Waals surface area contributed by atoms with Crippen LogP contribution in [-0.4, -0.2) is 23.2 Å². The Kier molecular flexibility index (Phi) is 5.98. The van der Waals surface area contributed by atoms with Gasteiger partial charge in [0.15, 0.2) is 4.75 Å². The molecule has 0 atom stereocenters. The smallest absolute Gasteiger partial charge is 0.283 e. The van der Waals surface area contributed by atoms with Crippen LogP contribution in [0.1, 0.15) is 16.7 Å². The Morgan fingerprint density at radius 3 is 1.48 bits per heavy atom. The average molecular weight is 494 g/mol. The number of aromatic hydroxyl groups is 2. The van der Waals surface area contributed by atoms with Crippen LogP contribution in [-0.2, 0) is 14.9 Å². The van der Waals surface area contributed by atoms with E-state index in [1.54, 1.807) is 0 Å². The van der Waals surface area contributed by atoms with Gasteiger partial charge in [-0.25, -0.2) is 0 Å². The molecule has 29 heavy (non-hydrogen) atoms. The summed E-state index contributed by atoms with van der Waals surface area (Å²) in [5.74, 6) is -0.999. The van der Waals surface area contributed by atoms with E-state index in [4.69, 9.17) is 46.4 Å². The van der Waals surface area contributed by atoms with E-state index in [0.29, 0.717) is 0 Å². The van der Waals surface area contributed by atoms with Crippen molar-refractivity contribution in [3.8, 4) is 11.5 Å². The molecule has 0 aliphatic carbocycles. The maximum atomic E-state index is 13.0. The molecule has 3 aromatic rings. The molecule has 0 heterocycles. The molecule has 0 aromatic heterocycles.